The van der Waals surface area contributed by atoms with Gasteiger partial charge in [-0.25, -0.2) is 0 Å². The summed E-state index contributed by atoms with van der Waals surface area (Å²) in [5, 5.41) is 2.13. The van der Waals surface area contributed by atoms with Gasteiger partial charge in [0.05, 0.1) is 0 Å². The molecule has 0 saturated heterocycles. The maximum atomic E-state index is 3.43. The molecule has 2 aromatic rings. The number of rotatable bonds is 1. The van der Waals surface area contributed by atoms with Gasteiger partial charge in [-0.2, -0.15) is 0 Å². The summed E-state index contributed by atoms with van der Waals surface area (Å²) in [6, 6.07) is 10.6. The third-order valence-electron chi connectivity index (χ3n) is 1.97. The van der Waals surface area contributed by atoms with Gasteiger partial charge in [0, 0.05) is 9.35 Å². The molecule has 1 aromatic carbocycles. The van der Waals surface area contributed by atoms with E-state index in [1.807, 2.05) is 0 Å². The average molecular weight is 253 g/mol. The van der Waals surface area contributed by atoms with E-state index in [4.69, 9.17) is 0 Å². The van der Waals surface area contributed by atoms with Crippen molar-refractivity contribution in [2.75, 3.05) is 0 Å². The number of aryl methyl sites for hydroxylation is 1. The maximum absolute atomic E-state index is 3.43. The second-order valence-electron chi connectivity index (χ2n) is 2.94. The van der Waals surface area contributed by atoms with Crippen LogP contribution < -0.4 is 0 Å². The highest BCUT2D eigenvalue weighted by atomic mass is 79.9. The molecule has 0 aliphatic carbocycles. The largest absolute Gasteiger partial charge is 0.144 e. The Hall–Kier alpha value is -0.600. The van der Waals surface area contributed by atoms with Gasteiger partial charge < -0.3 is 0 Å². The standard InChI is InChI=1S/C11H9BrS/c1-8-6-7-13-11(8)9-2-4-10(12)5-3-9/h2-7H,1H3. The molecule has 0 nitrogen and oxygen atoms in total. The molecule has 0 aliphatic rings. The van der Waals surface area contributed by atoms with Gasteiger partial charge in [0.25, 0.3) is 0 Å². The Bertz CT molecular complexity index is 400. The minimum Gasteiger partial charge on any atom is -0.144 e. The maximum Gasteiger partial charge on any atom is 0.0371 e. The molecule has 0 spiro atoms. The Morgan fingerprint density at radius 1 is 1.08 bits per heavy atom. The topological polar surface area (TPSA) is 0 Å². The summed E-state index contributed by atoms with van der Waals surface area (Å²) in [5.41, 5.74) is 2.66. The van der Waals surface area contributed by atoms with Crippen molar-refractivity contribution in [2.24, 2.45) is 0 Å². The SMILES string of the molecule is Cc1ccsc1-c1ccc(Br)cc1. The number of hydrogen-bond donors (Lipinski definition) is 0. The fourth-order valence-corrected chi connectivity index (χ4v) is 2.47. The van der Waals surface area contributed by atoms with Crippen molar-refractivity contribution in [3.05, 3.63) is 45.7 Å². The molecular formula is C11H9BrS. The van der Waals surface area contributed by atoms with Crippen molar-refractivity contribution < 1.29 is 0 Å². The van der Waals surface area contributed by atoms with E-state index in [1.165, 1.54) is 16.0 Å². The fourth-order valence-electron chi connectivity index (χ4n) is 1.27. The van der Waals surface area contributed by atoms with Crippen molar-refractivity contribution in [3.8, 4) is 10.4 Å². The summed E-state index contributed by atoms with van der Waals surface area (Å²) in [4.78, 5) is 1.37. The third kappa shape index (κ3) is 1.84. The van der Waals surface area contributed by atoms with E-state index in [9.17, 15) is 0 Å². The number of hydrogen-bond acceptors (Lipinski definition) is 1. The Kier molecular flexibility index (Phi) is 2.51. The Balaban J connectivity index is 2.47. The summed E-state index contributed by atoms with van der Waals surface area (Å²) in [5.74, 6) is 0. The van der Waals surface area contributed by atoms with Gasteiger partial charge in [0.1, 0.15) is 0 Å². The number of thiophene rings is 1. The summed E-state index contributed by atoms with van der Waals surface area (Å²) in [6.07, 6.45) is 0. The Labute approximate surface area is 90.4 Å². The first-order chi connectivity index (χ1) is 6.27. The molecule has 0 fully saturated rings. The molecule has 66 valence electrons. The Morgan fingerprint density at radius 2 is 1.77 bits per heavy atom. The summed E-state index contributed by atoms with van der Waals surface area (Å²) >= 11 is 5.22. The highest BCUT2D eigenvalue weighted by Gasteiger charge is 2.01. The quantitative estimate of drug-likeness (QED) is 0.702. The number of benzene rings is 1. The van der Waals surface area contributed by atoms with Crippen LogP contribution in [0.4, 0.5) is 0 Å². The predicted molar refractivity (Wildman–Crippen MR) is 62.2 cm³/mol. The second kappa shape index (κ2) is 3.64. The highest BCUT2D eigenvalue weighted by molar-refractivity contribution is 9.10. The van der Waals surface area contributed by atoms with Gasteiger partial charge in [0.2, 0.25) is 0 Å². The van der Waals surface area contributed by atoms with E-state index in [1.54, 1.807) is 11.3 Å². The average Bonchev–Trinajstić information content (AvgIpc) is 2.53. The van der Waals surface area contributed by atoms with Crippen LogP contribution in [0, 0.1) is 6.92 Å². The van der Waals surface area contributed by atoms with Crippen molar-refractivity contribution in [1.29, 1.82) is 0 Å². The van der Waals surface area contributed by atoms with Crippen molar-refractivity contribution in [2.45, 2.75) is 6.92 Å². The minimum atomic E-state index is 1.13. The van der Waals surface area contributed by atoms with E-state index in [0.717, 1.165) is 4.47 Å². The molecule has 0 amide bonds. The lowest BCUT2D eigenvalue weighted by Crippen LogP contribution is -1.74. The first-order valence-electron chi connectivity index (χ1n) is 4.07. The summed E-state index contributed by atoms with van der Waals surface area (Å²) < 4.78 is 1.13. The van der Waals surface area contributed by atoms with Crippen LogP contribution in [0.1, 0.15) is 5.56 Å². The monoisotopic (exact) mass is 252 g/mol. The first kappa shape index (κ1) is 8.97. The molecule has 1 aromatic heterocycles. The van der Waals surface area contributed by atoms with E-state index in [0.29, 0.717) is 0 Å². The van der Waals surface area contributed by atoms with Crippen LogP contribution in [0.25, 0.3) is 10.4 Å². The third-order valence-corrected chi connectivity index (χ3v) is 3.56. The smallest absolute Gasteiger partial charge is 0.0371 e. The first-order valence-corrected chi connectivity index (χ1v) is 5.74. The zero-order valence-corrected chi connectivity index (χ0v) is 9.65. The Morgan fingerprint density at radius 3 is 2.31 bits per heavy atom. The van der Waals surface area contributed by atoms with Crippen molar-refractivity contribution >= 4 is 27.3 Å². The van der Waals surface area contributed by atoms with Crippen LogP contribution in [-0.4, -0.2) is 0 Å². The normalized spacial score (nSPS) is 10.3. The van der Waals surface area contributed by atoms with Gasteiger partial charge in [-0.3, -0.25) is 0 Å². The van der Waals surface area contributed by atoms with Crippen LogP contribution >= 0.6 is 27.3 Å². The molecule has 0 saturated carbocycles. The van der Waals surface area contributed by atoms with Crippen LogP contribution in [0.2, 0.25) is 0 Å². The van der Waals surface area contributed by atoms with E-state index >= 15 is 0 Å². The lowest BCUT2D eigenvalue weighted by molar-refractivity contribution is 1.53. The molecule has 0 unspecified atom stereocenters. The van der Waals surface area contributed by atoms with Crippen LogP contribution in [-0.2, 0) is 0 Å². The van der Waals surface area contributed by atoms with Crippen LogP contribution in [0.15, 0.2) is 40.2 Å². The molecule has 0 N–H and O–H groups in total. The van der Waals surface area contributed by atoms with Gasteiger partial charge in [-0.1, -0.05) is 28.1 Å². The zero-order valence-electron chi connectivity index (χ0n) is 7.25. The van der Waals surface area contributed by atoms with E-state index < -0.39 is 0 Å². The molecule has 0 atom stereocenters. The molecule has 0 bridgehead atoms. The highest BCUT2D eigenvalue weighted by Crippen LogP contribution is 2.29. The predicted octanol–water partition coefficient (Wildman–Crippen LogP) is 4.49. The molecule has 0 radical (unpaired) electrons. The lowest BCUT2D eigenvalue weighted by Gasteiger charge is -1.99. The second-order valence-corrected chi connectivity index (χ2v) is 4.77. The van der Waals surface area contributed by atoms with Gasteiger partial charge >= 0.3 is 0 Å². The fraction of sp³-hybridized carbons (Fsp3) is 0.0909. The van der Waals surface area contributed by atoms with E-state index in [2.05, 4.69) is 58.6 Å². The van der Waals surface area contributed by atoms with Crippen LogP contribution in [0.3, 0.4) is 0 Å². The van der Waals surface area contributed by atoms with Gasteiger partial charge in [0.15, 0.2) is 0 Å². The molecule has 0 aliphatic heterocycles. The molecule has 2 heteroatoms. The van der Waals surface area contributed by atoms with Gasteiger partial charge in [-0.05, 0) is 41.6 Å². The minimum absolute atomic E-state index is 1.13. The number of halogens is 1. The van der Waals surface area contributed by atoms with Crippen molar-refractivity contribution in [3.63, 3.8) is 0 Å². The lowest BCUT2D eigenvalue weighted by atomic mass is 10.1. The molecule has 2 rings (SSSR count). The summed E-state index contributed by atoms with van der Waals surface area (Å²) in [7, 11) is 0. The molecule has 1 heterocycles. The van der Waals surface area contributed by atoms with Crippen LogP contribution in [0.5, 0.6) is 0 Å². The molecular weight excluding hydrogens is 244 g/mol. The van der Waals surface area contributed by atoms with Crippen molar-refractivity contribution in [1.82, 2.24) is 0 Å². The van der Waals surface area contributed by atoms with Gasteiger partial charge in [-0.15, -0.1) is 11.3 Å². The molecule has 13 heavy (non-hydrogen) atoms. The van der Waals surface area contributed by atoms with E-state index in [-0.39, 0.29) is 0 Å². The summed E-state index contributed by atoms with van der Waals surface area (Å²) in [6.45, 7) is 2.15. The zero-order chi connectivity index (χ0) is 9.26.